The van der Waals surface area contributed by atoms with E-state index in [0.29, 0.717) is 12.0 Å². The van der Waals surface area contributed by atoms with Crippen LogP contribution < -0.4 is 11.1 Å². The number of piperidine rings is 1. The van der Waals surface area contributed by atoms with Crippen LogP contribution in [0.2, 0.25) is 0 Å². The minimum absolute atomic E-state index is 0.382. The van der Waals surface area contributed by atoms with Crippen LogP contribution in [0.3, 0.4) is 0 Å². The van der Waals surface area contributed by atoms with Gasteiger partial charge in [-0.15, -0.1) is 0 Å². The van der Waals surface area contributed by atoms with Gasteiger partial charge >= 0.3 is 0 Å². The number of nitrogens with zero attached hydrogens (tertiary/aromatic N) is 1. The Bertz CT molecular complexity index is 239. The van der Waals surface area contributed by atoms with Gasteiger partial charge in [0, 0.05) is 12.0 Å². The van der Waals surface area contributed by atoms with E-state index >= 15 is 0 Å². The van der Waals surface area contributed by atoms with Crippen molar-refractivity contribution in [2.24, 2.45) is 11.7 Å². The highest BCUT2D eigenvalue weighted by molar-refractivity contribution is 5.14. The van der Waals surface area contributed by atoms with Crippen molar-refractivity contribution in [3.05, 3.63) is 0 Å². The molecule has 1 aliphatic carbocycles. The molecule has 0 aromatic rings. The van der Waals surface area contributed by atoms with E-state index in [2.05, 4.69) is 11.4 Å². The minimum Gasteiger partial charge on any atom is -0.314 e. The van der Waals surface area contributed by atoms with Crippen LogP contribution in [-0.2, 0) is 0 Å². The van der Waals surface area contributed by atoms with Crippen LogP contribution in [0, 0.1) is 17.2 Å². The molecule has 0 aromatic carbocycles. The summed E-state index contributed by atoms with van der Waals surface area (Å²) in [5.41, 5.74) is 5.59. The van der Waals surface area contributed by atoms with Gasteiger partial charge in [0.2, 0.25) is 0 Å². The van der Waals surface area contributed by atoms with Gasteiger partial charge in [-0.1, -0.05) is 12.8 Å². The first-order valence-corrected chi connectivity index (χ1v) is 5.70. The van der Waals surface area contributed by atoms with E-state index in [1.807, 2.05) is 0 Å². The number of hydrogen-bond donors (Lipinski definition) is 2. The molecule has 3 unspecified atom stereocenters. The lowest BCUT2D eigenvalue weighted by Crippen LogP contribution is -2.52. The monoisotopic (exact) mass is 193 g/mol. The van der Waals surface area contributed by atoms with Gasteiger partial charge in [0.25, 0.3) is 0 Å². The van der Waals surface area contributed by atoms with Crippen LogP contribution in [0.4, 0.5) is 0 Å². The normalized spacial score (nSPS) is 43.4. The summed E-state index contributed by atoms with van der Waals surface area (Å²) in [5.74, 6) is 0.382. The lowest BCUT2D eigenvalue weighted by Gasteiger charge is -2.34. The Morgan fingerprint density at radius 2 is 2.14 bits per heavy atom. The molecule has 1 heterocycles. The van der Waals surface area contributed by atoms with Gasteiger partial charge in [0.05, 0.1) is 6.07 Å². The van der Waals surface area contributed by atoms with E-state index in [1.165, 1.54) is 19.3 Å². The fourth-order valence-electron chi connectivity index (χ4n) is 2.98. The number of nitrogens with one attached hydrogen (secondary N) is 1. The second-order valence-electron chi connectivity index (χ2n) is 4.71. The maximum atomic E-state index is 9.12. The topological polar surface area (TPSA) is 61.8 Å². The Morgan fingerprint density at radius 1 is 1.29 bits per heavy atom. The third kappa shape index (κ3) is 1.65. The van der Waals surface area contributed by atoms with E-state index in [9.17, 15) is 0 Å². The summed E-state index contributed by atoms with van der Waals surface area (Å²) < 4.78 is 0. The van der Waals surface area contributed by atoms with Crippen LogP contribution in [-0.4, -0.2) is 18.1 Å². The number of nitriles is 1. The summed E-state index contributed by atoms with van der Waals surface area (Å²) in [6.07, 6.45) is 6.88. The van der Waals surface area contributed by atoms with Crippen molar-refractivity contribution < 1.29 is 0 Å². The Kier molecular flexibility index (Phi) is 2.76. The van der Waals surface area contributed by atoms with Crippen molar-refractivity contribution in [3.8, 4) is 6.07 Å². The molecule has 2 fully saturated rings. The molecule has 1 saturated heterocycles. The molecule has 0 aromatic heterocycles. The van der Waals surface area contributed by atoms with E-state index < -0.39 is 5.54 Å². The smallest absolute Gasteiger partial charge is 0.108 e. The Hall–Kier alpha value is -0.590. The highest BCUT2D eigenvalue weighted by Crippen LogP contribution is 2.37. The molecule has 2 rings (SSSR count). The molecule has 78 valence electrons. The fraction of sp³-hybridized carbons (Fsp3) is 0.909. The van der Waals surface area contributed by atoms with Crippen molar-refractivity contribution in [1.29, 1.82) is 5.26 Å². The predicted octanol–water partition coefficient (Wildman–Crippen LogP) is 1.15. The van der Waals surface area contributed by atoms with Gasteiger partial charge in [0.15, 0.2) is 0 Å². The van der Waals surface area contributed by atoms with Crippen LogP contribution in [0.25, 0.3) is 0 Å². The van der Waals surface area contributed by atoms with Crippen LogP contribution in [0.1, 0.15) is 38.5 Å². The zero-order valence-corrected chi connectivity index (χ0v) is 8.63. The van der Waals surface area contributed by atoms with Gasteiger partial charge < -0.3 is 11.1 Å². The van der Waals surface area contributed by atoms with Gasteiger partial charge in [-0.25, -0.2) is 0 Å². The first-order chi connectivity index (χ1) is 6.76. The van der Waals surface area contributed by atoms with Crippen molar-refractivity contribution in [1.82, 2.24) is 5.32 Å². The second kappa shape index (κ2) is 3.88. The van der Waals surface area contributed by atoms with Crippen molar-refractivity contribution in [2.45, 2.75) is 50.1 Å². The van der Waals surface area contributed by atoms with Crippen molar-refractivity contribution in [2.75, 3.05) is 6.54 Å². The standard InChI is InChI=1S/C11H19N3/c12-8-11(13)6-3-4-9(11)10-5-1-2-7-14-10/h9-10,14H,1-7,13H2. The lowest BCUT2D eigenvalue weighted by atomic mass is 9.80. The summed E-state index contributed by atoms with van der Waals surface area (Å²) in [6.45, 7) is 1.10. The molecule has 2 aliphatic rings. The molecule has 3 atom stereocenters. The molecule has 3 heteroatoms. The number of hydrogen-bond acceptors (Lipinski definition) is 3. The Labute approximate surface area is 85.7 Å². The highest BCUT2D eigenvalue weighted by atomic mass is 15.0. The summed E-state index contributed by atoms with van der Waals surface area (Å²) in [6, 6.07) is 2.82. The Morgan fingerprint density at radius 3 is 2.79 bits per heavy atom. The molecule has 3 N–H and O–H groups in total. The van der Waals surface area contributed by atoms with E-state index in [-0.39, 0.29) is 0 Å². The largest absolute Gasteiger partial charge is 0.314 e. The van der Waals surface area contributed by atoms with Crippen LogP contribution >= 0.6 is 0 Å². The van der Waals surface area contributed by atoms with Crippen molar-refractivity contribution in [3.63, 3.8) is 0 Å². The molecular formula is C11H19N3. The molecule has 0 spiro atoms. The minimum atomic E-state index is -0.547. The molecule has 1 saturated carbocycles. The Balaban J connectivity index is 2.05. The van der Waals surface area contributed by atoms with Gasteiger partial charge in [-0.2, -0.15) is 5.26 Å². The summed E-state index contributed by atoms with van der Waals surface area (Å²) in [4.78, 5) is 0. The van der Waals surface area contributed by atoms with Crippen LogP contribution in [0.15, 0.2) is 0 Å². The van der Waals surface area contributed by atoms with Gasteiger partial charge in [0.1, 0.15) is 5.54 Å². The average molecular weight is 193 g/mol. The van der Waals surface area contributed by atoms with Crippen molar-refractivity contribution >= 4 is 0 Å². The molecule has 1 aliphatic heterocycles. The maximum absolute atomic E-state index is 9.12. The molecule has 0 radical (unpaired) electrons. The van der Waals surface area contributed by atoms with Gasteiger partial charge in [-0.3, -0.25) is 0 Å². The van der Waals surface area contributed by atoms with E-state index in [4.69, 9.17) is 11.0 Å². The average Bonchev–Trinajstić information content (AvgIpc) is 2.63. The second-order valence-corrected chi connectivity index (χ2v) is 4.71. The third-order valence-corrected chi connectivity index (χ3v) is 3.81. The van der Waals surface area contributed by atoms with Gasteiger partial charge in [-0.05, 0) is 32.2 Å². The summed E-state index contributed by atoms with van der Waals surface area (Å²) in [7, 11) is 0. The third-order valence-electron chi connectivity index (χ3n) is 3.81. The fourth-order valence-corrected chi connectivity index (χ4v) is 2.98. The zero-order valence-electron chi connectivity index (χ0n) is 8.63. The van der Waals surface area contributed by atoms with E-state index in [0.717, 1.165) is 25.8 Å². The molecule has 0 bridgehead atoms. The SMILES string of the molecule is N#CC1(N)CCCC1C1CCCCN1. The number of rotatable bonds is 1. The van der Waals surface area contributed by atoms with E-state index in [1.54, 1.807) is 0 Å². The zero-order chi connectivity index (χ0) is 10.0. The van der Waals surface area contributed by atoms with Crippen LogP contribution in [0.5, 0.6) is 0 Å². The maximum Gasteiger partial charge on any atom is 0.108 e. The quantitative estimate of drug-likeness (QED) is 0.656. The molecule has 0 amide bonds. The molecule has 3 nitrogen and oxygen atoms in total. The lowest BCUT2D eigenvalue weighted by molar-refractivity contribution is 0.248. The molecule has 14 heavy (non-hydrogen) atoms. The highest BCUT2D eigenvalue weighted by Gasteiger charge is 2.44. The predicted molar refractivity (Wildman–Crippen MR) is 55.5 cm³/mol. The first kappa shape index (κ1) is 9.95. The molecular weight excluding hydrogens is 174 g/mol. The number of nitrogens with two attached hydrogens (primary N) is 1. The summed E-state index contributed by atoms with van der Waals surface area (Å²) >= 11 is 0. The summed E-state index contributed by atoms with van der Waals surface area (Å²) in [5, 5.41) is 12.6. The first-order valence-electron chi connectivity index (χ1n) is 5.70.